The summed E-state index contributed by atoms with van der Waals surface area (Å²) in [5, 5.41) is 2.73. The lowest BCUT2D eigenvalue weighted by atomic mass is 9.99. The fraction of sp³-hybridized carbons (Fsp3) is 0.778. The van der Waals surface area contributed by atoms with E-state index in [4.69, 9.17) is 11.6 Å². The van der Waals surface area contributed by atoms with E-state index in [1.54, 1.807) is 0 Å². The van der Waals surface area contributed by atoms with E-state index in [-0.39, 0.29) is 29.5 Å². The minimum absolute atomic E-state index is 0.0167. The number of ketones is 1. The molecule has 1 unspecified atom stereocenters. The van der Waals surface area contributed by atoms with Gasteiger partial charge in [0, 0.05) is 19.4 Å². The average molecular weight is 206 g/mol. The molecule has 1 N–H and O–H groups in total. The summed E-state index contributed by atoms with van der Waals surface area (Å²) >= 11 is 5.38. The Bertz CT molecular complexity index is 192. The second-order valence-electron chi connectivity index (χ2n) is 3.43. The summed E-state index contributed by atoms with van der Waals surface area (Å²) in [6, 6.07) is -0.0938. The van der Waals surface area contributed by atoms with Gasteiger partial charge in [-0.15, -0.1) is 11.6 Å². The third-order valence-corrected chi connectivity index (χ3v) is 2.09. The standard InChI is InChI=1S/C9H16ClNO2/c1-6(2)9(11-7(3)12)4-8(13)5-10/h6,9H,4-5H2,1-3H3,(H,11,12). The number of carbonyl (C=O) groups excluding carboxylic acids is 2. The van der Waals surface area contributed by atoms with E-state index in [9.17, 15) is 9.59 Å². The van der Waals surface area contributed by atoms with Crippen molar-refractivity contribution in [2.24, 2.45) is 5.92 Å². The monoisotopic (exact) mass is 205 g/mol. The van der Waals surface area contributed by atoms with Crippen molar-refractivity contribution in [2.45, 2.75) is 33.2 Å². The van der Waals surface area contributed by atoms with Gasteiger partial charge in [-0.05, 0) is 5.92 Å². The predicted octanol–water partition coefficient (Wildman–Crippen LogP) is 1.35. The smallest absolute Gasteiger partial charge is 0.217 e. The van der Waals surface area contributed by atoms with Gasteiger partial charge in [-0.2, -0.15) is 0 Å². The van der Waals surface area contributed by atoms with Gasteiger partial charge in [0.1, 0.15) is 5.78 Å². The molecule has 0 aromatic rings. The number of halogens is 1. The molecule has 0 saturated carbocycles. The summed E-state index contributed by atoms with van der Waals surface area (Å²) in [7, 11) is 0. The van der Waals surface area contributed by atoms with Gasteiger partial charge >= 0.3 is 0 Å². The van der Waals surface area contributed by atoms with Gasteiger partial charge in [0.05, 0.1) is 5.88 Å². The number of hydrogen-bond donors (Lipinski definition) is 1. The second-order valence-corrected chi connectivity index (χ2v) is 3.69. The highest BCUT2D eigenvalue weighted by Crippen LogP contribution is 2.07. The van der Waals surface area contributed by atoms with E-state index in [0.717, 1.165) is 0 Å². The first-order valence-electron chi connectivity index (χ1n) is 4.32. The van der Waals surface area contributed by atoms with Gasteiger partial charge in [0.2, 0.25) is 5.91 Å². The van der Waals surface area contributed by atoms with Crippen molar-refractivity contribution in [1.82, 2.24) is 5.32 Å². The first kappa shape index (κ1) is 12.4. The maximum absolute atomic E-state index is 11.0. The molecule has 0 rings (SSSR count). The molecule has 13 heavy (non-hydrogen) atoms. The van der Waals surface area contributed by atoms with Gasteiger partial charge in [-0.3, -0.25) is 9.59 Å². The lowest BCUT2D eigenvalue weighted by molar-refractivity contribution is -0.121. The Morgan fingerprint density at radius 2 is 1.92 bits per heavy atom. The third-order valence-electron chi connectivity index (χ3n) is 1.79. The molecule has 1 amide bonds. The van der Waals surface area contributed by atoms with Gasteiger partial charge in [-0.25, -0.2) is 0 Å². The summed E-state index contributed by atoms with van der Waals surface area (Å²) in [5.74, 6) is 0.120. The summed E-state index contributed by atoms with van der Waals surface area (Å²) in [4.78, 5) is 21.8. The highest BCUT2D eigenvalue weighted by atomic mass is 35.5. The van der Waals surface area contributed by atoms with Crippen molar-refractivity contribution < 1.29 is 9.59 Å². The molecule has 76 valence electrons. The Labute approximate surface area is 83.8 Å². The second kappa shape index (κ2) is 5.97. The zero-order chi connectivity index (χ0) is 10.4. The van der Waals surface area contributed by atoms with Crippen LogP contribution in [0.15, 0.2) is 0 Å². The van der Waals surface area contributed by atoms with Crippen LogP contribution in [0.5, 0.6) is 0 Å². The topological polar surface area (TPSA) is 46.2 Å². The molecule has 0 aliphatic rings. The third kappa shape index (κ3) is 5.64. The summed E-state index contributed by atoms with van der Waals surface area (Å²) < 4.78 is 0. The Kier molecular flexibility index (Phi) is 5.71. The van der Waals surface area contributed by atoms with E-state index in [0.29, 0.717) is 6.42 Å². The normalized spacial score (nSPS) is 12.7. The van der Waals surface area contributed by atoms with E-state index in [1.165, 1.54) is 6.92 Å². The molecule has 3 nitrogen and oxygen atoms in total. The number of nitrogens with one attached hydrogen (secondary N) is 1. The molecule has 0 saturated heterocycles. The maximum Gasteiger partial charge on any atom is 0.217 e. The fourth-order valence-corrected chi connectivity index (χ4v) is 1.12. The van der Waals surface area contributed by atoms with Crippen LogP contribution in [-0.2, 0) is 9.59 Å². The molecule has 0 aromatic carbocycles. The maximum atomic E-state index is 11.0. The zero-order valence-electron chi connectivity index (χ0n) is 8.26. The van der Waals surface area contributed by atoms with Crippen LogP contribution in [0.25, 0.3) is 0 Å². The van der Waals surface area contributed by atoms with E-state index in [1.807, 2.05) is 13.8 Å². The van der Waals surface area contributed by atoms with Gasteiger partial charge in [-0.1, -0.05) is 13.8 Å². The quantitative estimate of drug-likeness (QED) is 0.689. The number of hydrogen-bond acceptors (Lipinski definition) is 2. The molecule has 0 aliphatic carbocycles. The summed E-state index contributed by atoms with van der Waals surface area (Å²) in [6.45, 7) is 5.37. The SMILES string of the molecule is CC(=O)NC(CC(=O)CCl)C(C)C. The van der Waals surface area contributed by atoms with Gasteiger partial charge in [0.15, 0.2) is 0 Å². The lowest BCUT2D eigenvalue weighted by Crippen LogP contribution is -2.39. The average Bonchev–Trinajstić information content (AvgIpc) is 2.02. The Balaban J connectivity index is 4.09. The van der Waals surface area contributed by atoms with E-state index in [2.05, 4.69) is 5.32 Å². The van der Waals surface area contributed by atoms with Crippen molar-refractivity contribution in [3.63, 3.8) is 0 Å². The number of amides is 1. The molecule has 1 atom stereocenters. The Hall–Kier alpha value is -0.570. The molecule has 0 aromatic heterocycles. The van der Waals surface area contributed by atoms with Crippen LogP contribution in [0.1, 0.15) is 27.2 Å². The largest absolute Gasteiger partial charge is 0.353 e. The zero-order valence-corrected chi connectivity index (χ0v) is 9.02. The highest BCUT2D eigenvalue weighted by molar-refractivity contribution is 6.27. The Morgan fingerprint density at radius 3 is 2.23 bits per heavy atom. The number of Topliss-reactive ketones (excluding diaryl/α,β-unsaturated/α-hetero) is 1. The molecule has 0 heterocycles. The lowest BCUT2D eigenvalue weighted by Gasteiger charge is -2.20. The van der Waals surface area contributed by atoms with Crippen LogP contribution >= 0.6 is 11.6 Å². The molecule has 0 fully saturated rings. The van der Waals surface area contributed by atoms with Crippen LogP contribution in [0.2, 0.25) is 0 Å². The predicted molar refractivity (Wildman–Crippen MR) is 52.8 cm³/mol. The number of carbonyl (C=O) groups is 2. The summed E-state index contributed by atoms with van der Waals surface area (Å²) in [5.41, 5.74) is 0. The minimum atomic E-state index is -0.110. The molecule has 0 spiro atoms. The van der Waals surface area contributed by atoms with Crippen molar-refractivity contribution in [2.75, 3.05) is 5.88 Å². The molecular weight excluding hydrogens is 190 g/mol. The first-order valence-corrected chi connectivity index (χ1v) is 4.85. The van der Waals surface area contributed by atoms with Crippen LogP contribution in [0.4, 0.5) is 0 Å². The first-order chi connectivity index (χ1) is 5.97. The summed E-state index contributed by atoms with van der Waals surface area (Å²) in [6.07, 6.45) is 0.320. The van der Waals surface area contributed by atoms with Crippen LogP contribution in [0.3, 0.4) is 0 Å². The van der Waals surface area contributed by atoms with Gasteiger partial charge in [0.25, 0.3) is 0 Å². The van der Waals surface area contributed by atoms with Crippen LogP contribution in [0, 0.1) is 5.92 Å². The van der Waals surface area contributed by atoms with E-state index < -0.39 is 0 Å². The van der Waals surface area contributed by atoms with Crippen LogP contribution in [-0.4, -0.2) is 23.6 Å². The minimum Gasteiger partial charge on any atom is -0.353 e. The molecular formula is C9H16ClNO2. The number of alkyl halides is 1. The van der Waals surface area contributed by atoms with Crippen molar-refractivity contribution in [3.8, 4) is 0 Å². The molecule has 0 aliphatic heterocycles. The van der Waals surface area contributed by atoms with Crippen LogP contribution < -0.4 is 5.32 Å². The highest BCUT2D eigenvalue weighted by Gasteiger charge is 2.17. The van der Waals surface area contributed by atoms with Crippen molar-refractivity contribution in [3.05, 3.63) is 0 Å². The Morgan fingerprint density at radius 1 is 1.38 bits per heavy atom. The molecule has 0 radical (unpaired) electrons. The van der Waals surface area contributed by atoms with Crippen molar-refractivity contribution >= 4 is 23.3 Å². The molecule has 0 bridgehead atoms. The van der Waals surface area contributed by atoms with Crippen molar-refractivity contribution in [1.29, 1.82) is 0 Å². The number of rotatable bonds is 5. The van der Waals surface area contributed by atoms with E-state index >= 15 is 0 Å². The molecule has 4 heteroatoms. The van der Waals surface area contributed by atoms with Gasteiger partial charge < -0.3 is 5.32 Å². The fourth-order valence-electron chi connectivity index (χ4n) is 1.01.